The number of hydrogen-bond donors (Lipinski definition) is 0. The molecule has 1 aromatic heterocycles. The fraction of sp³-hybridized carbons (Fsp3) is 0.647. The number of hydrogen-bond acceptors (Lipinski definition) is 5. The Hall–Kier alpha value is -1.47. The van der Waals surface area contributed by atoms with E-state index in [1.54, 1.807) is 11.3 Å². The average Bonchev–Trinajstić information content (AvgIpc) is 3.14. The summed E-state index contributed by atoms with van der Waals surface area (Å²) >= 11 is 1.70. The Morgan fingerprint density at radius 2 is 2.35 bits per heavy atom. The molecule has 1 aliphatic heterocycles. The van der Waals surface area contributed by atoms with Gasteiger partial charge in [-0.15, -0.1) is 11.3 Å². The minimum Gasteiger partial charge on any atom is -0.304 e. The summed E-state index contributed by atoms with van der Waals surface area (Å²) in [6, 6.07) is 8.66. The lowest BCUT2D eigenvalue weighted by atomic mass is 10.0. The van der Waals surface area contributed by atoms with E-state index in [2.05, 4.69) is 28.0 Å². The predicted octanol–water partition coefficient (Wildman–Crippen LogP) is 3.04. The van der Waals surface area contributed by atoms with Crippen molar-refractivity contribution >= 4 is 11.3 Å². The van der Waals surface area contributed by atoms with Gasteiger partial charge in [-0.2, -0.15) is 10.5 Å². The molecule has 0 aliphatic carbocycles. The van der Waals surface area contributed by atoms with Crippen LogP contribution in [0.1, 0.15) is 24.1 Å². The summed E-state index contributed by atoms with van der Waals surface area (Å²) in [6.45, 7) is 2.69. The van der Waals surface area contributed by atoms with E-state index in [4.69, 9.17) is 5.26 Å². The van der Waals surface area contributed by atoms with E-state index in [1.165, 1.54) is 4.88 Å². The Morgan fingerprint density at radius 3 is 3.00 bits per heavy atom. The highest BCUT2D eigenvalue weighted by Crippen LogP contribution is 2.25. The first-order valence-electron chi connectivity index (χ1n) is 7.98. The van der Waals surface area contributed by atoms with Gasteiger partial charge in [-0.25, -0.2) is 4.39 Å². The molecule has 0 radical (unpaired) electrons. The first kappa shape index (κ1) is 17.9. The Balaban J connectivity index is 1.86. The molecule has 3 atom stereocenters. The summed E-state index contributed by atoms with van der Waals surface area (Å²) in [7, 11) is 1.98. The van der Waals surface area contributed by atoms with Crippen molar-refractivity contribution in [1.29, 1.82) is 10.5 Å². The van der Waals surface area contributed by atoms with Crippen LogP contribution in [0.3, 0.4) is 0 Å². The molecular formula is C17H23FN4S. The van der Waals surface area contributed by atoms with Gasteiger partial charge < -0.3 is 4.90 Å². The number of alkyl halides is 1. The standard InChI is InChI=1S/C17H23FN4S/c1-21(10-14(9-20)4-2-6-19)12-16-8-15(18)11-22(16)13-17-5-3-7-23-17/h3,5,7,14-16H,2,4,8,10-13H2,1H3/t14?,15-,16-/m0/s1. The van der Waals surface area contributed by atoms with Crippen LogP contribution in [0.25, 0.3) is 0 Å². The van der Waals surface area contributed by atoms with Gasteiger partial charge >= 0.3 is 0 Å². The Labute approximate surface area is 141 Å². The third-order valence-electron chi connectivity index (χ3n) is 4.26. The molecule has 1 aromatic rings. The third-order valence-corrected chi connectivity index (χ3v) is 5.12. The van der Waals surface area contributed by atoms with Gasteiger partial charge in [0.25, 0.3) is 0 Å². The number of rotatable bonds is 8. The van der Waals surface area contributed by atoms with Gasteiger partial charge in [0.05, 0.1) is 18.1 Å². The Morgan fingerprint density at radius 1 is 1.52 bits per heavy atom. The third kappa shape index (κ3) is 5.58. The van der Waals surface area contributed by atoms with Gasteiger partial charge in [0.15, 0.2) is 0 Å². The second-order valence-corrected chi connectivity index (χ2v) is 7.27. The highest BCUT2D eigenvalue weighted by atomic mass is 32.1. The van der Waals surface area contributed by atoms with E-state index in [-0.39, 0.29) is 12.0 Å². The summed E-state index contributed by atoms with van der Waals surface area (Å²) < 4.78 is 13.9. The van der Waals surface area contributed by atoms with Crippen molar-refractivity contribution < 1.29 is 4.39 Å². The van der Waals surface area contributed by atoms with Crippen molar-refractivity contribution in [2.45, 2.75) is 38.0 Å². The highest BCUT2D eigenvalue weighted by molar-refractivity contribution is 7.09. The zero-order valence-corrected chi connectivity index (χ0v) is 14.3. The number of likely N-dealkylation sites (tertiary alicyclic amines) is 1. The molecule has 1 fully saturated rings. The molecule has 1 unspecified atom stereocenters. The number of nitriles is 2. The molecular weight excluding hydrogens is 311 g/mol. The van der Waals surface area contributed by atoms with Gasteiger partial charge in [0.2, 0.25) is 0 Å². The fourth-order valence-corrected chi connectivity index (χ4v) is 3.88. The zero-order chi connectivity index (χ0) is 16.7. The van der Waals surface area contributed by atoms with Gasteiger partial charge in [0, 0.05) is 43.5 Å². The predicted molar refractivity (Wildman–Crippen MR) is 89.5 cm³/mol. The molecule has 1 saturated heterocycles. The minimum atomic E-state index is -0.765. The van der Waals surface area contributed by atoms with E-state index in [0.29, 0.717) is 32.4 Å². The van der Waals surface area contributed by atoms with Crippen LogP contribution in [-0.2, 0) is 6.54 Å². The molecule has 0 spiro atoms. The first-order valence-corrected chi connectivity index (χ1v) is 8.86. The first-order chi connectivity index (χ1) is 11.1. The molecule has 0 bridgehead atoms. The molecule has 23 heavy (non-hydrogen) atoms. The lowest BCUT2D eigenvalue weighted by Gasteiger charge is -2.28. The SMILES string of the molecule is CN(CC(C#N)CCC#N)C[C@@H]1C[C@H](F)CN1Cc1cccs1. The van der Waals surface area contributed by atoms with Crippen molar-refractivity contribution in [2.24, 2.45) is 5.92 Å². The van der Waals surface area contributed by atoms with E-state index >= 15 is 0 Å². The monoisotopic (exact) mass is 334 g/mol. The normalized spacial score (nSPS) is 22.8. The van der Waals surface area contributed by atoms with Crippen LogP contribution in [0.4, 0.5) is 4.39 Å². The topological polar surface area (TPSA) is 54.1 Å². The number of halogens is 1. The van der Waals surface area contributed by atoms with Crippen LogP contribution in [0.15, 0.2) is 17.5 Å². The van der Waals surface area contributed by atoms with Gasteiger partial charge in [0.1, 0.15) is 6.17 Å². The van der Waals surface area contributed by atoms with Gasteiger partial charge in [-0.1, -0.05) is 6.07 Å². The molecule has 124 valence electrons. The highest BCUT2D eigenvalue weighted by Gasteiger charge is 2.33. The second-order valence-electron chi connectivity index (χ2n) is 6.24. The van der Waals surface area contributed by atoms with Crippen molar-refractivity contribution in [3.63, 3.8) is 0 Å². The summed E-state index contributed by atoms with van der Waals surface area (Å²) in [5, 5.41) is 19.9. The molecule has 1 aliphatic rings. The molecule has 2 heterocycles. The van der Waals surface area contributed by atoms with E-state index < -0.39 is 6.17 Å². The molecule has 4 nitrogen and oxygen atoms in total. The van der Waals surface area contributed by atoms with Crippen molar-refractivity contribution in [3.8, 4) is 12.1 Å². The van der Waals surface area contributed by atoms with Gasteiger partial charge in [-0.05, 0) is 31.3 Å². The molecule has 0 aromatic carbocycles. The van der Waals surface area contributed by atoms with E-state index in [9.17, 15) is 9.65 Å². The molecule has 0 N–H and O–H groups in total. The average molecular weight is 334 g/mol. The van der Waals surface area contributed by atoms with Crippen molar-refractivity contribution in [1.82, 2.24) is 9.80 Å². The summed E-state index contributed by atoms with van der Waals surface area (Å²) in [5.74, 6) is -0.132. The minimum absolute atomic E-state index is 0.132. The van der Waals surface area contributed by atoms with Crippen LogP contribution < -0.4 is 0 Å². The number of likely N-dealkylation sites (N-methyl/N-ethyl adjacent to an activating group) is 1. The Kier molecular flexibility index (Phi) is 6.98. The van der Waals surface area contributed by atoms with Crippen LogP contribution in [-0.4, -0.2) is 48.7 Å². The lowest BCUT2D eigenvalue weighted by Crippen LogP contribution is -2.39. The second kappa shape index (κ2) is 8.98. The maximum atomic E-state index is 13.9. The van der Waals surface area contributed by atoms with E-state index in [0.717, 1.165) is 13.1 Å². The smallest absolute Gasteiger partial charge is 0.114 e. The van der Waals surface area contributed by atoms with Crippen LogP contribution in [0, 0.1) is 28.6 Å². The van der Waals surface area contributed by atoms with Crippen LogP contribution in [0.2, 0.25) is 0 Å². The molecule has 2 rings (SSSR count). The Bertz CT molecular complexity index is 548. The number of thiophene rings is 1. The zero-order valence-electron chi connectivity index (χ0n) is 13.5. The molecule has 6 heteroatoms. The van der Waals surface area contributed by atoms with Crippen molar-refractivity contribution in [3.05, 3.63) is 22.4 Å². The lowest BCUT2D eigenvalue weighted by molar-refractivity contribution is 0.177. The summed E-state index contributed by atoms with van der Waals surface area (Å²) in [5.41, 5.74) is 0. The van der Waals surface area contributed by atoms with Crippen LogP contribution in [0.5, 0.6) is 0 Å². The number of nitrogens with zero attached hydrogens (tertiary/aromatic N) is 4. The van der Waals surface area contributed by atoms with Gasteiger partial charge in [-0.3, -0.25) is 4.90 Å². The quantitative estimate of drug-likeness (QED) is 0.733. The summed E-state index contributed by atoms with van der Waals surface area (Å²) in [6.07, 6.45) is 0.809. The fourth-order valence-electron chi connectivity index (χ4n) is 3.15. The largest absolute Gasteiger partial charge is 0.304 e. The maximum Gasteiger partial charge on any atom is 0.114 e. The summed E-state index contributed by atoms with van der Waals surface area (Å²) in [4.78, 5) is 5.58. The molecule has 0 saturated carbocycles. The van der Waals surface area contributed by atoms with E-state index in [1.807, 2.05) is 18.5 Å². The van der Waals surface area contributed by atoms with Crippen molar-refractivity contribution in [2.75, 3.05) is 26.7 Å². The maximum absolute atomic E-state index is 13.9. The van der Waals surface area contributed by atoms with Crippen LogP contribution >= 0.6 is 11.3 Å². The molecule has 0 amide bonds.